The molecule has 0 bridgehead atoms. The highest BCUT2D eigenvalue weighted by Gasteiger charge is 2.53. The Morgan fingerprint density at radius 1 is 1.02 bits per heavy atom. The van der Waals surface area contributed by atoms with E-state index >= 15 is 0 Å². The normalized spacial score (nSPS) is 41.3. The lowest BCUT2D eigenvalue weighted by atomic mass is 9.76. The minimum atomic E-state index is -1.23. The van der Waals surface area contributed by atoms with E-state index in [1.165, 1.54) is 0 Å². The van der Waals surface area contributed by atoms with Gasteiger partial charge in [0.2, 0.25) is 0 Å². The van der Waals surface area contributed by atoms with E-state index in [1.54, 1.807) is 27.2 Å². The zero-order valence-corrected chi connectivity index (χ0v) is 29.1. The molecule has 3 N–H and O–H groups in total. The molecule has 0 spiro atoms. The van der Waals surface area contributed by atoms with Gasteiger partial charge in [0.25, 0.3) is 0 Å². The summed E-state index contributed by atoms with van der Waals surface area (Å²) >= 11 is 0. The molecule has 252 valence electrons. The first-order valence-electron chi connectivity index (χ1n) is 16.2. The Kier molecular flexibility index (Phi) is 14.5. The standard InChI is InChI=1S/C36H60O8/c1-20(2)33-26(8)29(37)19-36(42-12,44-33)28(10)32(39)27(9)34-30(41-11)15-13-14-21(3)16-23(5)31(38)24(6)17-22(4)18-25(7)35(40)43-34/h13-15,17-18,20,23-24,26-34,37-39H,16,19H2,1-12H3/b15-13+,21-14+,22-17+,25-18+/t23-,24+,26-,27-,28-,29+,30-,31-,32+,33+,34+,36+/m0/s1. The fraction of sp³-hybridized carbons (Fsp3) is 0.750. The Morgan fingerprint density at radius 2 is 1.66 bits per heavy atom. The molecule has 0 aromatic carbocycles. The molecule has 2 rings (SSSR count). The molecule has 0 saturated carbocycles. The number of ether oxygens (including phenoxy) is 4. The quantitative estimate of drug-likeness (QED) is 0.308. The lowest BCUT2D eigenvalue weighted by Crippen LogP contribution is -2.60. The lowest BCUT2D eigenvalue weighted by molar-refractivity contribution is -0.338. The Hall–Kier alpha value is -1.81. The molecule has 0 aromatic heterocycles. The highest BCUT2D eigenvalue weighted by Crippen LogP contribution is 2.43. The smallest absolute Gasteiger partial charge is 0.334 e. The number of hydrogen-bond acceptors (Lipinski definition) is 8. The van der Waals surface area contributed by atoms with Gasteiger partial charge in [-0.05, 0) is 45.1 Å². The summed E-state index contributed by atoms with van der Waals surface area (Å²) < 4.78 is 24.5. The maximum Gasteiger partial charge on any atom is 0.334 e. The van der Waals surface area contributed by atoms with Crippen molar-refractivity contribution in [1.82, 2.24) is 0 Å². The number of cyclic esters (lactones) is 1. The first-order chi connectivity index (χ1) is 20.5. The van der Waals surface area contributed by atoms with E-state index in [4.69, 9.17) is 18.9 Å². The maximum absolute atomic E-state index is 13.5. The predicted octanol–water partition coefficient (Wildman–Crippen LogP) is 5.76. The Morgan fingerprint density at radius 3 is 2.23 bits per heavy atom. The van der Waals surface area contributed by atoms with E-state index < -0.39 is 54.1 Å². The third-order valence-electron chi connectivity index (χ3n) is 9.80. The summed E-state index contributed by atoms with van der Waals surface area (Å²) in [7, 11) is 3.09. The minimum Gasteiger partial charge on any atom is -0.456 e. The molecule has 0 unspecified atom stereocenters. The summed E-state index contributed by atoms with van der Waals surface area (Å²) in [5.74, 6) is -2.95. The van der Waals surface area contributed by atoms with Gasteiger partial charge >= 0.3 is 5.97 Å². The fourth-order valence-corrected chi connectivity index (χ4v) is 6.86. The average molecular weight is 621 g/mol. The molecule has 0 amide bonds. The van der Waals surface area contributed by atoms with Gasteiger partial charge in [-0.3, -0.25) is 0 Å². The first kappa shape index (κ1) is 38.4. The lowest BCUT2D eigenvalue weighted by Gasteiger charge is -2.51. The van der Waals surface area contributed by atoms with Gasteiger partial charge in [-0.2, -0.15) is 0 Å². The van der Waals surface area contributed by atoms with Crippen LogP contribution in [-0.2, 0) is 23.7 Å². The molecular weight excluding hydrogens is 560 g/mol. The van der Waals surface area contributed by atoms with Crippen LogP contribution in [0.15, 0.2) is 47.1 Å². The van der Waals surface area contributed by atoms with Gasteiger partial charge in [0, 0.05) is 49.9 Å². The number of aliphatic hydroxyl groups excluding tert-OH is 3. The SMILES string of the molecule is CO[C@H]1/C=C/C=C(\C)C[C@H](C)[C@H](O)[C@H](C)/C=C(C)/C=C(\C)C(=O)O[C@@H]1[C@@H](C)[C@@H](O)[C@H](C)[C@@]1(OC)C[C@@H](O)[C@H](C)[C@@H](C(C)C)O1. The number of carbonyl (C=O) groups excluding carboxylic acids is 1. The zero-order valence-electron chi connectivity index (χ0n) is 29.1. The van der Waals surface area contributed by atoms with Gasteiger partial charge in [-0.1, -0.05) is 83.9 Å². The van der Waals surface area contributed by atoms with Crippen LogP contribution >= 0.6 is 0 Å². The van der Waals surface area contributed by atoms with Crippen molar-refractivity contribution in [1.29, 1.82) is 0 Å². The van der Waals surface area contributed by atoms with Crippen molar-refractivity contribution >= 4 is 5.97 Å². The van der Waals surface area contributed by atoms with Crippen LogP contribution in [0.1, 0.15) is 82.1 Å². The largest absolute Gasteiger partial charge is 0.456 e. The van der Waals surface area contributed by atoms with Gasteiger partial charge in [-0.25, -0.2) is 4.79 Å². The topological polar surface area (TPSA) is 115 Å². The number of hydrogen-bond donors (Lipinski definition) is 3. The highest BCUT2D eigenvalue weighted by molar-refractivity contribution is 5.88. The summed E-state index contributed by atoms with van der Waals surface area (Å²) in [5.41, 5.74) is 2.34. The molecule has 1 fully saturated rings. The van der Waals surface area contributed by atoms with Crippen molar-refractivity contribution in [2.75, 3.05) is 14.2 Å². The van der Waals surface area contributed by atoms with E-state index in [-0.39, 0.29) is 36.2 Å². The molecule has 1 saturated heterocycles. The average Bonchev–Trinajstić information content (AvgIpc) is 2.97. The maximum atomic E-state index is 13.5. The van der Waals surface area contributed by atoms with E-state index in [0.717, 1.165) is 17.6 Å². The molecule has 8 nitrogen and oxygen atoms in total. The summed E-state index contributed by atoms with van der Waals surface area (Å²) in [5, 5.41) is 33.8. The van der Waals surface area contributed by atoms with Crippen LogP contribution in [0.3, 0.4) is 0 Å². The summed E-state index contributed by atoms with van der Waals surface area (Å²) in [6.07, 6.45) is 6.34. The third-order valence-corrected chi connectivity index (χ3v) is 9.80. The Bertz CT molecular complexity index is 1060. The van der Waals surface area contributed by atoms with Crippen LogP contribution in [0.2, 0.25) is 0 Å². The van der Waals surface area contributed by atoms with Crippen molar-refractivity contribution in [2.45, 2.75) is 124 Å². The second kappa shape index (κ2) is 16.7. The van der Waals surface area contributed by atoms with E-state index in [2.05, 4.69) is 0 Å². The van der Waals surface area contributed by atoms with Gasteiger partial charge in [0.05, 0.1) is 24.4 Å². The van der Waals surface area contributed by atoms with Gasteiger partial charge in [-0.15, -0.1) is 0 Å². The molecule has 2 aliphatic heterocycles. The van der Waals surface area contributed by atoms with Crippen molar-refractivity contribution in [3.8, 4) is 0 Å². The number of carbonyl (C=O) groups is 1. The van der Waals surface area contributed by atoms with E-state index in [1.807, 2.05) is 86.6 Å². The van der Waals surface area contributed by atoms with Crippen LogP contribution in [0, 0.1) is 35.5 Å². The number of methoxy groups -OCH3 is 2. The van der Waals surface area contributed by atoms with Crippen molar-refractivity contribution < 1.29 is 39.1 Å². The highest BCUT2D eigenvalue weighted by atomic mass is 16.7. The summed E-state index contributed by atoms with van der Waals surface area (Å²) in [6.45, 7) is 19.4. The number of aliphatic hydroxyl groups is 3. The van der Waals surface area contributed by atoms with Gasteiger partial charge < -0.3 is 34.3 Å². The Labute approximate surface area is 266 Å². The molecule has 12 atom stereocenters. The fourth-order valence-electron chi connectivity index (χ4n) is 6.86. The monoisotopic (exact) mass is 620 g/mol. The van der Waals surface area contributed by atoms with E-state index in [0.29, 0.717) is 5.57 Å². The third kappa shape index (κ3) is 9.36. The van der Waals surface area contributed by atoms with Gasteiger partial charge in [0.1, 0.15) is 12.2 Å². The second-order valence-electron chi connectivity index (χ2n) is 13.8. The van der Waals surface area contributed by atoms with Crippen molar-refractivity contribution in [2.24, 2.45) is 35.5 Å². The van der Waals surface area contributed by atoms with Gasteiger partial charge in [0.15, 0.2) is 5.79 Å². The van der Waals surface area contributed by atoms with Crippen LogP contribution in [-0.4, -0.2) is 77.9 Å². The minimum absolute atomic E-state index is 0.0381. The predicted molar refractivity (Wildman–Crippen MR) is 174 cm³/mol. The number of rotatable bonds is 7. The zero-order chi connectivity index (χ0) is 33.5. The Balaban J connectivity index is 2.52. The first-order valence-corrected chi connectivity index (χ1v) is 16.2. The summed E-state index contributed by atoms with van der Waals surface area (Å²) in [6, 6.07) is 0. The van der Waals surface area contributed by atoms with Crippen LogP contribution in [0.5, 0.6) is 0 Å². The van der Waals surface area contributed by atoms with Crippen LogP contribution in [0.25, 0.3) is 0 Å². The molecule has 0 radical (unpaired) electrons. The van der Waals surface area contributed by atoms with Crippen LogP contribution < -0.4 is 0 Å². The van der Waals surface area contributed by atoms with Crippen molar-refractivity contribution in [3.05, 3.63) is 47.1 Å². The number of allylic oxidation sites excluding steroid dienone is 5. The summed E-state index contributed by atoms with van der Waals surface area (Å²) in [4.78, 5) is 13.5. The molecule has 44 heavy (non-hydrogen) atoms. The molecule has 2 aliphatic rings. The molecule has 0 aliphatic carbocycles. The molecular formula is C36H60O8. The second-order valence-corrected chi connectivity index (χ2v) is 13.8. The van der Waals surface area contributed by atoms with E-state index in [9.17, 15) is 20.1 Å². The molecule has 0 aromatic rings. The molecule has 8 heteroatoms. The molecule has 2 heterocycles. The van der Waals surface area contributed by atoms with Crippen molar-refractivity contribution in [3.63, 3.8) is 0 Å². The number of esters is 1. The van der Waals surface area contributed by atoms with Crippen LogP contribution in [0.4, 0.5) is 0 Å².